The first-order valence-electron chi connectivity index (χ1n) is 11.2. The van der Waals surface area contributed by atoms with E-state index in [1.165, 1.54) is 11.3 Å². The van der Waals surface area contributed by atoms with Crippen molar-refractivity contribution in [2.45, 2.75) is 58.6 Å². The Kier molecular flexibility index (Phi) is 6.46. The summed E-state index contributed by atoms with van der Waals surface area (Å²) in [5, 5.41) is 0. The summed E-state index contributed by atoms with van der Waals surface area (Å²) >= 11 is 0. The number of rotatable bonds is 5. The molecule has 0 N–H and O–H groups in total. The lowest BCUT2D eigenvalue weighted by Crippen LogP contribution is -2.39. The van der Waals surface area contributed by atoms with E-state index in [1.54, 1.807) is 0 Å². The average Bonchev–Trinajstić information content (AvgIpc) is 3.17. The molecule has 0 amide bonds. The molecular weight excluding hydrogens is 380 g/mol. The smallest absolute Gasteiger partial charge is 0.338 e. The summed E-state index contributed by atoms with van der Waals surface area (Å²) in [4.78, 5) is 15.3. The van der Waals surface area contributed by atoms with Crippen LogP contribution in [0.4, 0.5) is 0 Å². The fourth-order valence-corrected chi connectivity index (χ4v) is 4.79. The molecule has 0 spiro atoms. The number of hydrogen-bond donors (Lipinski definition) is 0. The molecule has 4 heterocycles. The molecule has 1 unspecified atom stereocenters. The highest BCUT2D eigenvalue weighted by Crippen LogP contribution is 2.34. The van der Waals surface area contributed by atoms with Crippen molar-refractivity contribution >= 4 is 11.5 Å². The molecule has 0 bridgehead atoms. The number of aromatic nitrogens is 1. The zero-order chi connectivity index (χ0) is 21.3. The number of carbonyl (C=O) groups is 1. The number of carbonyl (C=O) groups excluding carboxylic acids is 1. The molecule has 6 nitrogen and oxygen atoms in total. The molecular formula is C24H34N2O4. The van der Waals surface area contributed by atoms with Crippen LogP contribution in [0.15, 0.2) is 18.3 Å². The second-order valence-corrected chi connectivity index (χ2v) is 8.80. The lowest BCUT2D eigenvalue weighted by Gasteiger charge is -2.34. The van der Waals surface area contributed by atoms with Crippen molar-refractivity contribution in [1.29, 1.82) is 0 Å². The molecule has 4 rings (SSSR count). The molecule has 0 radical (unpaired) electrons. The predicted octanol–water partition coefficient (Wildman–Crippen LogP) is 4.10. The molecule has 2 aromatic heterocycles. The van der Waals surface area contributed by atoms with E-state index in [-0.39, 0.29) is 18.1 Å². The summed E-state index contributed by atoms with van der Waals surface area (Å²) in [6.07, 6.45) is 4.24. The minimum Gasteiger partial charge on any atom is -0.459 e. The zero-order valence-corrected chi connectivity index (χ0v) is 18.6. The molecule has 2 aromatic rings. The van der Waals surface area contributed by atoms with Gasteiger partial charge in [-0.15, -0.1) is 0 Å². The minimum atomic E-state index is -0.241. The third kappa shape index (κ3) is 4.27. The van der Waals surface area contributed by atoms with Crippen LogP contribution in [0.2, 0.25) is 0 Å². The van der Waals surface area contributed by atoms with E-state index in [1.807, 2.05) is 19.9 Å². The molecule has 2 saturated heterocycles. The third-order valence-electron chi connectivity index (χ3n) is 6.46. The number of morpholine rings is 1. The second-order valence-electron chi connectivity index (χ2n) is 8.80. The number of esters is 1. The maximum atomic E-state index is 12.9. The van der Waals surface area contributed by atoms with Gasteiger partial charge in [0.2, 0.25) is 0 Å². The Morgan fingerprint density at radius 1 is 1.07 bits per heavy atom. The van der Waals surface area contributed by atoms with E-state index in [4.69, 9.17) is 14.2 Å². The molecule has 2 aliphatic heterocycles. The Morgan fingerprint density at radius 3 is 2.40 bits per heavy atom. The van der Waals surface area contributed by atoms with Gasteiger partial charge in [0.05, 0.1) is 24.9 Å². The largest absolute Gasteiger partial charge is 0.459 e. The number of ether oxygens (including phenoxy) is 3. The first kappa shape index (κ1) is 21.3. The van der Waals surface area contributed by atoms with Crippen LogP contribution in [0.5, 0.6) is 0 Å². The van der Waals surface area contributed by atoms with E-state index in [9.17, 15) is 4.79 Å². The van der Waals surface area contributed by atoms with E-state index in [0.29, 0.717) is 11.5 Å². The number of nitrogens with zero attached hydrogens (tertiary/aromatic N) is 2. The van der Waals surface area contributed by atoms with Crippen molar-refractivity contribution in [3.05, 3.63) is 40.7 Å². The maximum absolute atomic E-state index is 12.9. The molecule has 0 aromatic carbocycles. The van der Waals surface area contributed by atoms with Crippen molar-refractivity contribution < 1.29 is 19.0 Å². The predicted molar refractivity (Wildman–Crippen MR) is 116 cm³/mol. The van der Waals surface area contributed by atoms with Gasteiger partial charge >= 0.3 is 5.97 Å². The van der Waals surface area contributed by atoms with Gasteiger partial charge in [-0.2, -0.15) is 0 Å². The van der Waals surface area contributed by atoms with Crippen molar-refractivity contribution in [2.75, 3.05) is 39.5 Å². The Labute approximate surface area is 179 Å². The summed E-state index contributed by atoms with van der Waals surface area (Å²) in [7, 11) is 0. The van der Waals surface area contributed by atoms with E-state index < -0.39 is 0 Å². The van der Waals surface area contributed by atoms with Gasteiger partial charge in [0.15, 0.2) is 0 Å². The van der Waals surface area contributed by atoms with Crippen LogP contribution in [0.1, 0.15) is 72.8 Å². The van der Waals surface area contributed by atoms with Gasteiger partial charge in [0.1, 0.15) is 0 Å². The summed E-state index contributed by atoms with van der Waals surface area (Å²) in [6.45, 7) is 13.0. The SMILES string of the molecule is Cc1c(C(=O)OC(C)C)cc2cc(C3CCOCC3)cn2c1C(C)N1CCOCC1. The molecule has 2 fully saturated rings. The van der Waals surface area contributed by atoms with Gasteiger partial charge in [-0.05, 0) is 69.7 Å². The highest BCUT2D eigenvalue weighted by molar-refractivity contribution is 5.93. The molecule has 164 valence electrons. The Morgan fingerprint density at radius 2 is 1.73 bits per heavy atom. The van der Waals surface area contributed by atoms with Crippen LogP contribution in [0, 0.1) is 6.92 Å². The van der Waals surface area contributed by atoms with Crippen LogP contribution < -0.4 is 0 Å². The minimum absolute atomic E-state index is 0.141. The average molecular weight is 415 g/mol. The Balaban J connectivity index is 1.80. The van der Waals surface area contributed by atoms with Crippen LogP contribution in [-0.2, 0) is 14.2 Å². The van der Waals surface area contributed by atoms with E-state index in [0.717, 1.165) is 63.4 Å². The summed E-state index contributed by atoms with van der Waals surface area (Å²) in [5.41, 5.74) is 5.24. The fraction of sp³-hybridized carbons (Fsp3) is 0.625. The summed E-state index contributed by atoms with van der Waals surface area (Å²) in [6, 6.07) is 4.42. The van der Waals surface area contributed by atoms with Gasteiger partial charge < -0.3 is 18.6 Å². The van der Waals surface area contributed by atoms with Gasteiger partial charge in [0, 0.05) is 49.8 Å². The van der Waals surface area contributed by atoms with Crippen molar-refractivity contribution in [1.82, 2.24) is 9.30 Å². The van der Waals surface area contributed by atoms with Crippen molar-refractivity contribution in [2.24, 2.45) is 0 Å². The first-order chi connectivity index (χ1) is 14.5. The summed E-state index contributed by atoms with van der Waals surface area (Å²) in [5.74, 6) is 0.269. The van der Waals surface area contributed by atoms with Crippen LogP contribution in [0.3, 0.4) is 0 Å². The zero-order valence-electron chi connectivity index (χ0n) is 18.6. The maximum Gasteiger partial charge on any atom is 0.338 e. The highest BCUT2D eigenvalue weighted by Gasteiger charge is 2.27. The second kappa shape index (κ2) is 9.08. The topological polar surface area (TPSA) is 52.4 Å². The number of pyridine rings is 1. The molecule has 2 aliphatic rings. The van der Waals surface area contributed by atoms with Crippen molar-refractivity contribution in [3.8, 4) is 0 Å². The molecule has 30 heavy (non-hydrogen) atoms. The van der Waals surface area contributed by atoms with Gasteiger partial charge in [-0.3, -0.25) is 4.90 Å². The molecule has 1 atom stereocenters. The van der Waals surface area contributed by atoms with E-state index in [2.05, 4.69) is 35.4 Å². The van der Waals surface area contributed by atoms with E-state index >= 15 is 0 Å². The molecule has 6 heteroatoms. The van der Waals surface area contributed by atoms with Crippen LogP contribution in [-0.4, -0.2) is 60.9 Å². The summed E-state index contributed by atoms with van der Waals surface area (Å²) < 4.78 is 19.0. The Bertz CT molecular complexity index is 892. The van der Waals surface area contributed by atoms with Crippen molar-refractivity contribution in [3.63, 3.8) is 0 Å². The monoisotopic (exact) mass is 414 g/mol. The standard InChI is InChI=1S/C24H34N2O4/c1-16(2)30-24(27)22-14-21-13-20(19-5-9-28-10-6-19)15-26(21)23(17(22)3)18(4)25-7-11-29-12-8-25/h13-16,18-19H,5-12H2,1-4H3. The number of hydrogen-bond acceptors (Lipinski definition) is 5. The lowest BCUT2D eigenvalue weighted by molar-refractivity contribution is 0.0186. The van der Waals surface area contributed by atoms with Crippen LogP contribution >= 0.6 is 0 Å². The first-order valence-corrected chi connectivity index (χ1v) is 11.2. The molecule has 0 saturated carbocycles. The third-order valence-corrected chi connectivity index (χ3v) is 6.46. The molecule has 0 aliphatic carbocycles. The highest BCUT2D eigenvalue weighted by atomic mass is 16.5. The normalized spacial score (nSPS) is 20.0. The lowest BCUT2D eigenvalue weighted by atomic mass is 9.94. The van der Waals surface area contributed by atoms with Gasteiger partial charge in [-0.1, -0.05) is 0 Å². The van der Waals surface area contributed by atoms with Gasteiger partial charge in [-0.25, -0.2) is 4.79 Å². The quantitative estimate of drug-likeness (QED) is 0.690. The van der Waals surface area contributed by atoms with Crippen LogP contribution in [0.25, 0.3) is 5.52 Å². The Hall–Kier alpha value is -1.89. The van der Waals surface area contributed by atoms with Gasteiger partial charge in [0.25, 0.3) is 0 Å². The fourth-order valence-electron chi connectivity index (χ4n) is 4.79. The number of fused-ring (bicyclic) bond motifs is 1.